The summed E-state index contributed by atoms with van der Waals surface area (Å²) in [5.74, 6) is 0.920. The Morgan fingerprint density at radius 2 is 1.68 bits per heavy atom. The van der Waals surface area contributed by atoms with Crippen molar-refractivity contribution in [2.75, 3.05) is 46.4 Å². The van der Waals surface area contributed by atoms with Gasteiger partial charge in [-0.15, -0.1) is 0 Å². The second-order valence-electron chi connectivity index (χ2n) is 8.51. The van der Waals surface area contributed by atoms with Crippen LogP contribution in [0.2, 0.25) is 0 Å². The number of carbonyl (C=O) groups excluding carboxylic acids is 2. The summed E-state index contributed by atoms with van der Waals surface area (Å²) in [6.07, 6.45) is 1.86. The Hall–Kier alpha value is -2.74. The predicted molar refractivity (Wildman–Crippen MR) is 116 cm³/mol. The van der Waals surface area contributed by atoms with E-state index < -0.39 is 0 Å². The number of piperazine rings is 1. The van der Waals surface area contributed by atoms with Crippen LogP contribution < -0.4 is 4.74 Å². The van der Waals surface area contributed by atoms with E-state index >= 15 is 0 Å². The number of ether oxygens (including phenoxy) is 2. The Labute approximate surface area is 182 Å². The van der Waals surface area contributed by atoms with Crippen LogP contribution in [0, 0.1) is 0 Å². The number of hydrogen-bond acceptors (Lipinski definition) is 6. The summed E-state index contributed by atoms with van der Waals surface area (Å²) < 4.78 is 16.8. The molecular formula is C23H31N3O5. The van der Waals surface area contributed by atoms with E-state index in [4.69, 9.17) is 13.9 Å². The van der Waals surface area contributed by atoms with E-state index in [2.05, 4.69) is 18.7 Å². The molecule has 8 heteroatoms. The average Bonchev–Trinajstić information content (AvgIpc) is 3.22. The fourth-order valence-corrected chi connectivity index (χ4v) is 4.27. The molecule has 2 aliphatic rings. The van der Waals surface area contributed by atoms with Crippen molar-refractivity contribution in [2.45, 2.75) is 38.8 Å². The number of nitrogens with zero attached hydrogens (tertiary/aromatic N) is 3. The lowest BCUT2D eigenvalue weighted by Gasteiger charge is -2.34. The number of benzene rings is 1. The quantitative estimate of drug-likeness (QED) is 0.743. The van der Waals surface area contributed by atoms with Crippen molar-refractivity contribution in [3.8, 4) is 5.75 Å². The number of likely N-dealkylation sites (tertiary alicyclic amines) is 1. The summed E-state index contributed by atoms with van der Waals surface area (Å²) in [5.41, 5.74) is 0.647. The van der Waals surface area contributed by atoms with Gasteiger partial charge in [0.1, 0.15) is 17.4 Å². The molecule has 0 spiro atoms. The molecule has 8 nitrogen and oxygen atoms in total. The van der Waals surface area contributed by atoms with E-state index in [0.717, 1.165) is 37.1 Å². The van der Waals surface area contributed by atoms with Crippen molar-refractivity contribution in [2.24, 2.45) is 0 Å². The highest BCUT2D eigenvalue weighted by molar-refractivity contribution is 5.96. The van der Waals surface area contributed by atoms with Gasteiger partial charge in [-0.05, 0) is 44.9 Å². The summed E-state index contributed by atoms with van der Waals surface area (Å²) in [6, 6.07) is 8.09. The van der Waals surface area contributed by atoms with E-state index in [1.165, 1.54) is 7.11 Å². The minimum atomic E-state index is -0.363. The number of carbonyl (C=O) groups is 2. The third kappa shape index (κ3) is 4.79. The molecule has 0 aliphatic carbocycles. The van der Waals surface area contributed by atoms with Crippen molar-refractivity contribution in [1.82, 2.24) is 14.7 Å². The van der Waals surface area contributed by atoms with E-state index in [-0.39, 0.29) is 18.1 Å². The van der Waals surface area contributed by atoms with Crippen LogP contribution in [-0.4, -0.2) is 85.2 Å². The van der Waals surface area contributed by atoms with Gasteiger partial charge in [0.25, 0.3) is 5.91 Å². The van der Waals surface area contributed by atoms with E-state index in [0.29, 0.717) is 43.6 Å². The maximum atomic E-state index is 12.9. The first-order valence-corrected chi connectivity index (χ1v) is 11.0. The van der Waals surface area contributed by atoms with Gasteiger partial charge in [-0.1, -0.05) is 0 Å². The normalized spacial score (nSPS) is 18.6. The smallest absolute Gasteiger partial charge is 0.409 e. The molecule has 0 bridgehead atoms. The van der Waals surface area contributed by atoms with Crippen LogP contribution in [0.4, 0.5) is 4.79 Å². The van der Waals surface area contributed by atoms with E-state index in [1.54, 1.807) is 15.9 Å². The molecule has 2 fully saturated rings. The fraction of sp³-hybridized carbons (Fsp3) is 0.565. The van der Waals surface area contributed by atoms with Crippen LogP contribution in [0.25, 0.3) is 11.0 Å². The second-order valence-corrected chi connectivity index (χ2v) is 8.51. The first-order chi connectivity index (χ1) is 14.9. The maximum absolute atomic E-state index is 12.9. The van der Waals surface area contributed by atoms with Gasteiger partial charge in [-0.3, -0.25) is 4.79 Å². The maximum Gasteiger partial charge on any atom is 0.409 e. The molecule has 4 rings (SSSR count). The number of hydrogen-bond donors (Lipinski definition) is 0. The number of piperidine rings is 1. The predicted octanol–water partition coefficient (Wildman–Crippen LogP) is 3.21. The molecule has 0 radical (unpaired) electrons. The third-order valence-corrected chi connectivity index (χ3v) is 6.21. The highest BCUT2D eigenvalue weighted by Gasteiger charge is 2.27. The largest absolute Gasteiger partial charge is 0.490 e. The summed E-state index contributed by atoms with van der Waals surface area (Å²) in [5, 5.41) is 0.874. The molecule has 1 aromatic heterocycles. The van der Waals surface area contributed by atoms with Gasteiger partial charge in [0.15, 0.2) is 5.76 Å². The van der Waals surface area contributed by atoms with Crippen LogP contribution in [0.5, 0.6) is 5.75 Å². The average molecular weight is 430 g/mol. The second kappa shape index (κ2) is 9.18. The minimum absolute atomic E-state index is 0.163. The monoisotopic (exact) mass is 429 g/mol. The topological polar surface area (TPSA) is 75.5 Å². The molecule has 3 heterocycles. The van der Waals surface area contributed by atoms with Gasteiger partial charge in [-0.2, -0.15) is 0 Å². The number of methoxy groups -OCH3 is 1. The van der Waals surface area contributed by atoms with Crippen molar-refractivity contribution >= 4 is 23.0 Å². The van der Waals surface area contributed by atoms with Crippen LogP contribution in [0.1, 0.15) is 37.2 Å². The molecule has 168 valence electrons. The van der Waals surface area contributed by atoms with Gasteiger partial charge in [0, 0.05) is 56.8 Å². The number of furan rings is 1. The van der Waals surface area contributed by atoms with Crippen molar-refractivity contribution in [3.63, 3.8) is 0 Å². The number of amides is 2. The summed E-state index contributed by atoms with van der Waals surface area (Å²) in [7, 11) is 1.36. The van der Waals surface area contributed by atoms with Crippen LogP contribution in [-0.2, 0) is 4.74 Å². The molecule has 2 amide bonds. The van der Waals surface area contributed by atoms with Crippen LogP contribution in [0.15, 0.2) is 28.7 Å². The summed E-state index contributed by atoms with van der Waals surface area (Å²) in [6.45, 7) is 8.36. The van der Waals surface area contributed by atoms with Gasteiger partial charge < -0.3 is 28.6 Å². The van der Waals surface area contributed by atoms with Gasteiger partial charge >= 0.3 is 6.09 Å². The fourth-order valence-electron chi connectivity index (χ4n) is 4.27. The highest BCUT2D eigenvalue weighted by atomic mass is 16.5. The Balaban J connectivity index is 1.38. The van der Waals surface area contributed by atoms with Gasteiger partial charge in [-0.25, -0.2) is 4.79 Å². The summed E-state index contributed by atoms with van der Waals surface area (Å²) in [4.78, 5) is 30.3. The molecule has 0 unspecified atom stereocenters. The summed E-state index contributed by atoms with van der Waals surface area (Å²) >= 11 is 0. The Bertz CT molecular complexity index is 924. The molecule has 0 N–H and O–H groups in total. The number of fused-ring (bicyclic) bond motifs is 1. The Morgan fingerprint density at radius 1 is 1.00 bits per heavy atom. The molecule has 0 saturated carbocycles. The van der Waals surface area contributed by atoms with Crippen molar-refractivity contribution in [1.29, 1.82) is 0 Å². The molecule has 31 heavy (non-hydrogen) atoms. The lowest BCUT2D eigenvalue weighted by molar-refractivity contribution is 0.0575. The molecule has 2 aromatic rings. The first kappa shape index (κ1) is 21.5. The van der Waals surface area contributed by atoms with E-state index in [1.807, 2.05) is 18.2 Å². The molecule has 1 aromatic carbocycles. The van der Waals surface area contributed by atoms with Crippen LogP contribution in [0.3, 0.4) is 0 Å². The lowest BCUT2D eigenvalue weighted by atomic mass is 10.1. The SMILES string of the molecule is COC(=O)N1CCN(C(=O)c2cc3ccc(OC4CCN(C(C)C)CC4)cc3o2)CC1. The molecule has 2 saturated heterocycles. The first-order valence-electron chi connectivity index (χ1n) is 11.0. The van der Waals surface area contributed by atoms with Gasteiger partial charge in [0.05, 0.1) is 7.11 Å². The van der Waals surface area contributed by atoms with Crippen LogP contribution >= 0.6 is 0 Å². The molecule has 0 atom stereocenters. The Morgan fingerprint density at radius 3 is 2.32 bits per heavy atom. The molecule has 2 aliphatic heterocycles. The zero-order valence-electron chi connectivity index (χ0n) is 18.5. The highest BCUT2D eigenvalue weighted by Crippen LogP contribution is 2.27. The van der Waals surface area contributed by atoms with Gasteiger partial charge in [0.2, 0.25) is 0 Å². The zero-order valence-corrected chi connectivity index (χ0v) is 18.5. The standard InChI is InChI=1S/C23H31N3O5/c1-16(2)24-8-6-18(7-9-24)30-19-5-4-17-14-21(31-20(17)15-19)22(27)25-10-12-26(13-11-25)23(28)29-3/h4-5,14-16,18H,6-13H2,1-3H3. The number of rotatable bonds is 4. The molecular weight excluding hydrogens is 398 g/mol. The Kier molecular flexibility index (Phi) is 6.36. The zero-order chi connectivity index (χ0) is 22.0. The van der Waals surface area contributed by atoms with E-state index in [9.17, 15) is 9.59 Å². The van der Waals surface area contributed by atoms with Crippen molar-refractivity contribution in [3.05, 3.63) is 30.0 Å². The minimum Gasteiger partial charge on any atom is -0.490 e. The van der Waals surface area contributed by atoms with Crippen molar-refractivity contribution < 1.29 is 23.5 Å². The lowest BCUT2D eigenvalue weighted by Crippen LogP contribution is -2.50. The third-order valence-electron chi connectivity index (χ3n) is 6.21.